The summed E-state index contributed by atoms with van der Waals surface area (Å²) in [5.41, 5.74) is 0. The first-order chi connectivity index (χ1) is 9.29. The van der Waals surface area contributed by atoms with Crippen molar-refractivity contribution in [3.05, 3.63) is 24.5 Å². The minimum atomic E-state index is -0.938. The third kappa shape index (κ3) is 5.22. The van der Waals surface area contributed by atoms with Gasteiger partial charge in [0.15, 0.2) is 0 Å². The van der Waals surface area contributed by atoms with Crippen LogP contribution in [0.5, 0.6) is 0 Å². The first-order valence-corrected chi connectivity index (χ1v) is 10.4. The van der Waals surface area contributed by atoms with Crippen molar-refractivity contribution in [3.63, 3.8) is 0 Å². The third-order valence-electron chi connectivity index (χ3n) is 4.03. The Hall–Kier alpha value is -0.420. The molecule has 0 fully saturated rings. The summed E-state index contributed by atoms with van der Waals surface area (Å²) in [7, 11) is -0.938. The van der Waals surface area contributed by atoms with E-state index in [9.17, 15) is 0 Å². The van der Waals surface area contributed by atoms with Crippen LogP contribution in [0, 0.1) is 0 Å². The number of pyridine rings is 1. The fraction of sp³-hybridized carbons (Fsp3) is 0.706. The van der Waals surface area contributed by atoms with Gasteiger partial charge in [0.25, 0.3) is 0 Å². The number of hydrogen-bond donors (Lipinski definition) is 0. The van der Waals surface area contributed by atoms with Crippen molar-refractivity contribution in [1.29, 1.82) is 0 Å². The number of rotatable bonds is 10. The van der Waals surface area contributed by atoms with Gasteiger partial charge in [-0.1, -0.05) is 40.0 Å². The predicted octanol–water partition coefficient (Wildman–Crippen LogP) is 5.12. The van der Waals surface area contributed by atoms with E-state index in [0.29, 0.717) is 0 Å². The molecule has 0 unspecified atom stereocenters. The zero-order valence-electron chi connectivity index (χ0n) is 13.1. The highest BCUT2D eigenvalue weighted by Gasteiger charge is 2.37. The Kier molecular flexibility index (Phi) is 8.30. The lowest BCUT2D eigenvalue weighted by Crippen LogP contribution is -2.21. The summed E-state index contributed by atoms with van der Waals surface area (Å²) in [4.78, 5) is 4.22. The Balaban J connectivity index is 2.94. The van der Waals surface area contributed by atoms with E-state index < -0.39 is 7.26 Å². The summed E-state index contributed by atoms with van der Waals surface area (Å²) in [5, 5.41) is 1.64. The largest absolute Gasteiger partial charge is 0.264 e. The van der Waals surface area contributed by atoms with Gasteiger partial charge >= 0.3 is 0 Å². The Morgan fingerprint density at radius 1 is 0.789 bits per heavy atom. The molecular formula is C17H31NP+. The maximum Gasteiger partial charge on any atom is 0.0970 e. The van der Waals surface area contributed by atoms with E-state index >= 15 is 0 Å². The Morgan fingerprint density at radius 2 is 1.21 bits per heavy atom. The van der Waals surface area contributed by atoms with Crippen molar-refractivity contribution in [2.45, 2.75) is 59.3 Å². The van der Waals surface area contributed by atoms with Gasteiger partial charge in [-0.2, -0.15) is 0 Å². The van der Waals surface area contributed by atoms with Crippen molar-refractivity contribution in [1.82, 2.24) is 4.98 Å². The molecule has 108 valence electrons. The van der Waals surface area contributed by atoms with Gasteiger partial charge in [-0.15, -0.1) is 0 Å². The lowest BCUT2D eigenvalue weighted by molar-refractivity contribution is 0.841. The van der Waals surface area contributed by atoms with Crippen LogP contribution in [0.2, 0.25) is 0 Å². The summed E-state index contributed by atoms with van der Waals surface area (Å²) < 4.78 is 0. The molecule has 0 radical (unpaired) electrons. The molecular weight excluding hydrogens is 249 g/mol. The molecule has 0 atom stereocenters. The maximum absolute atomic E-state index is 4.22. The highest BCUT2D eigenvalue weighted by Crippen LogP contribution is 2.59. The van der Waals surface area contributed by atoms with Gasteiger partial charge in [-0.05, 0) is 31.4 Å². The molecule has 1 nitrogen and oxygen atoms in total. The molecule has 0 N–H and O–H groups in total. The first-order valence-electron chi connectivity index (χ1n) is 8.05. The Morgan fingerprint density at radius 3 is 1.58 bits per heavy atom. The van der Waals surface area contributed by atoms with E-state index in [-0.39, 0.29) is 0 Å². The molecule has 1 rings (SSSR count). The summed E-state index contributed by atoms with van der Waals surface area (Å²) in [6.07, 6.45) is 16.5. The highest BCUT2D eigenvalue weighted by molar-refractivity contribution is 7.82. The molecule has 1 heterocycles. The molecule has 1 aromatic rings. The van der Waals surface area contributed by atoms with E-state index in [1.54, 1.807) is 5.30 Å². The van der Waals surface area contributed by atoms with Crippen LogP contribution in [0.1, 0.15) is 59.3 Å². The van der Waals surface area contributed by atoms with Gasteiger partial charge in [0.2, 0.25) is 0 Å². The van der Waals surface area contributed by atoms with Crippen molar-refractivity contribution in [2.24, 2.45) is 0 Å². The van der Waals surface area contributed by atoms with Crippen LogP contribution in [0.3, 0.4) is 0 Å². The van der Waals surface area contributed by atoms with Crippen molar-refractivity contribution < 1.29 is 0 Å². The van der Waals surface area contributed by atoms with Crippen LogP contribution in [0.25, 0.3) is 0 Å². The smallest absolute Gasteiger partial charge is 0.0970 e. The average molecular weight is 280 g/mol. The van der Waals surface area contributed by atoms with Crippen LogP contribution < -0.4 is 5.30 Å². The Labute approximate surface area is 120 Å². The van der Waals surface area contributed by atoms with Gasteiger partial charge in [0.05, 0.1) is 23.8 Å². The number of hydrogen-bond acceptors (Lipinski definition) is 1. The van der Waals surface area contributed by atoms with E-state index in [1.165, 1.54) is 57.0 Å². The third-order valence-corrected chi connectivity index (χ3v) is 8.94. The molecule has 0 saturated heterocycles. The van der Waals surface area contributed by atoms with E-state index in [0.717, 1.165) is 0 Å². The fourth-order valence-electron chi connectivity index (χ4n) is 2.77. The number of unbranched alkanes of at least 4 members (excludes halogenated alkanes) is 3. The second-order valence-electron chi connectivity index (χ2n) is 5.58. The van der Waals surface area contributed by atoms with Gasteiger partial charge in [-0.25, -0.2) is 0 Å². The van der Waals surface area contributed by atoms with E-state index in [1.807, 2.05) is 12.4 Å². The second-order valence-corrected chi connectivity index (χ2v) is 9.73. The zero-order valence-corrected chi connectivity index (χ0v) is 14.0. The predicted molar refractivity (Wildman–Crippen MR) is 90.1 cm³/mol. The summed E-state index contributed by atoms with van der Waals surface area (Å²) >= 11 is 0. The molecule has 2 heteroatoms. The van der Waals surface area contributed by atoms with Crippen molar-refractivity contribution >= 4 is 12.6 Å². The molecule has 0 bridgehead atoms. The van der Waals surface area contributed by atoms with Crippen LogP contribution in [0.4, 0.5) is 0 Å². The fourth-order valence-corrected chi connectivity index (χ4v) is 7.74. The molecule has 0 amide bonds. The van der Waals surface area contributed by atoms with Crippen LogP contribution in [0.15, 0.2) is 24.5 Å². The van der Waals surface area contributed by atoms with Gasteiger partial charge in [0.1, 0.15) is 0 Å². The SMILES string of the molecule is CCCC[P+](CCCC)(CCCC)c1ccncc1. The number of nitrogens with zero attached hydrogens (tertiary/aromatic N) is 1. The van der Waals surface area contributed by atoms with Gasteiger partial charge in [0, 0.05) is 19.7 Å². The molecule has 0 aliphatic carbocycles. The van der Waals surface area contributed by atoms with Crippen LogP contribution >= 0.6 is 7.26 Å². The lowest BCUT2D eigenvalue weighted by Gasteiger charge is -2.27. The van der Waals surface area contributed by atoms with Crippen molar-refractivity contribution in [3.8, 4) is 0 Å². The molecule has 19 heavy (non-hydrogen) atoms. The topological polar surface area (TPSA) is 12.9 Å². The lowest BCUT2D eigenvalue weighted by atomic mass is 10.4. The molecule has 0 aliphatic heterocycles. The summed E-state index contributed by atoms with van der Waals surface area (Å²) in [6, 6.07) is 4.60. The molecule has 1 aromatic heterocycles. The molecule has 0 saturated carbocycles. The van der Waals surface area contributed by atoms with Crippen LogP contribution in [-0.4, -0.2) is 23.5 Å². The van der Waals surface area contributed by atoms with Gasteiger partial charge in [-0.3, -0.25) is 4.98 Å². The maximum atomic E-state index is 4.22. The van der Waals surface area contributed by atoms with E-state index in [2.05, 4.69) is 37.9 Å². The Bertz CT molecular complexity index is 302. The molecule has 0 aromatic carbocycles. The zero-order chi connectivity index (χ0) is 14.0. The monoisotopic (exact) mass is 280 g/mol. The highest BCUT2D eigenvalue weighted by atomic mass is 31.2. The summed E-state index contributed by atoms with van der Waals surface area (Å²) in [5.74, 6) is 0. The minimum absolute atomic E-state index is 0.938. The number of aromatic nitrogens is 1. The second kappa shape index (κ2) is 9.48. The van der Waals surface area contributed by atoms with E-state index in [4.69, 9.17) is 0 Å². The average Bonchev–Trinajstić information content (AvgIpc) is 2.48. The quantitative estimate of drug-likeness (QED) is 0.542. The molecule has 0 spiro atoms. The minimum Gasteiger partial charge on any atom is -0.264 e. The van der Waals surface area contributed by atoms with Crippen LogP contribution in [-0.2, 0) is 0 Å². The summed E-state index contributed by atoms with van der Waals surface area (Å²) in [6.45, 7) is 6.96. The standard InChI is InChI=1S/C17H31NP/c1-4-7-14-19(15-8-5-2,16-9-6-3)17-10-12-18-13-11-17/h10-13H,4-9,14-16H2,1-3H3/q+1. The molecule has 0 aliphatic rings. The van der Waals surface area contributed by atoms with Gasteiger partial charge < -0.3 is 0 Å². The normalized spacial score (nSPS) is 11.7. The van der Waals surface area contributed by atoms with Crippen molar-refractivity contribution in [2.75, 3.05) is 18.5 Å². The first kappa shape index (κ1) is 16.6.